The Bertz CT molecular complexity index is 1830. The Morgan fingerprint density at radius 3 is 2.10 bits per heavy atom. The van der Waals surface area contributed by atoms with Crippen LogP contribution in [0.2, 0.25) is 0 Å². The Morgan fingerprint density at radius 1 is 0.812 bits per heavy atom. The Balaban J connectivity index is 1.35. The third kappa shape index (κ3) is 8.04. The number of amidine groups is 1. The molecular formula is C41H36F2N2O3. The lowest BCUT2D eigenvalue weighted by atomic mass is 9.78. The number of ether oxygens (including phenoxy) is 2. The normalized spacial score (nSPS) is 15.7. The third-order valence-electron chi connectivity index (χ3n) is 8.63. The van der Waals surface area contributed by atoms with E-state index in [1.54, 1.807) is 24.3 Å². The molecule has 1 fully saturated rings. The minimum absolute atomic E-state index is 0.183. The van der Waals surface area contributed by atoms with Gasteiger partial charge in [-0.15, -0.1) is 0 Å². The number of hydrogen-bond acceptors (Lipinski definition) is 4. The number of nitrogens with one attached hydrogen (secondary N) is 1. The van der Waals surface area contributed by atoms with Crippen molar-refractivity contribution in [1.82, 2.24) is 4.90 Å². The fourth-order valence-electron chi connectivity index (χ4n) is 6.08. The van der Waals surface area contributed by atoms with Gasteiger partial charge in [0.1, 0.15) is 36.6 Å². The topological polar surface area (TPSA) is 62.6 Å². The fraction of sp³-hybridized carbons (Fsp3) is 0.171. The molecule has 242 valence electrons. The highest BCUT2D eigenvalue weighted by atomic mass is 19.1. The van der Waals surface area contributed by atoms with Crippen molar-refractivity contribution < 1.29 is 23.0 Å². The van der Waals surface area contributed by atoms with Gasteiger partial charge in [-0.1, -0.05) is 109 Å². The molecule has 3 atom stereocenters. The average Bonchev–Trinajstić information content (AvgIpc) is 3.52. The van der Waals surface area contributed by atoms with Crippen molar-refractivity contribution in [3.63, 3.8) is 0 Å². The molecule has 1 aliphatic heterocycles. The molecule has 0 aliphatic carbocycles. The molecule has 7 heteroatoms. The van der Waals surface area contributed by atoms with E-state index in [0.717, 1.165) is 27.8 Å². The van der Waals surface area contributed by atoms with Crippen LogP contribution in [0.5, 0.6) is 5.75 Å². The van der Waals surface area contributed by atoms with E-state index in [0.29, 0.717) is 25.2 Å². The number of nitrogens with zero attached hydrogens (tertiary/aromatic N) is 1. The molecule has 3 unspecified atom stereocenters. The maximum atomic E-state index is 14.7. The molecule has 1 amide bonds. The van der Waals surface area contributed by atoms with Gasteiger partial charge in [-0.05, 0) is 83.0 Å². The molecular weight excluding hydrogens is 606 g/mol. The van der Waals surface area contributed by atoms with Crippen molar-refractivity contribution in [2.24, 2.45) is 5.92 Å². The third-order valence-corrected chi connectivity index (χ3v) is 8.63. The zero-order chi connectivity index (χ0) is 33.3. The summed E-state index contributed by atoms with van der Waals surface area (Å²) in [5.74, 6) is -1.19. The molecule has 1 N–H and O–H groups in total. The average molecular weight is 643 g/mol. The second-order valence-electron chi connectivity index (χ2n) is 11.8. The first-order chi connectivity index (χ1) is 23.4. The highest BCUT2D eigenvalue weighted by Gasteiger charge is 2.42. The van der Waals surface area contributed by atoms with Crippen LogP contribution < -0.4 is 4.74 Å². The quantitative estimate of drug-likeness (QED) is 0.148. The summed E-state index contributed by atoms with van der Waals surface area (Å²) in [7, 11) is 0. The standard InChI is InChI=1S/C41H36F2N2O3/c42-34-20-14-29(15-21-34)10-7-13-37(40(46)45-39(28-48-41(45)44)33-11-5-2-6-12-33)38(26-30-16-22-35(43)23-17-30)32-18-24-36(25-19-32)47-27-31-8-3-1-4-9-31/h1-12,14-25,37-39,44H,13,26-28H2. The van der Waals surface area contributed by atoms with Gasteiger partial charge in [0, 0.05) is 5.92 Å². The van der Waals surface area contributed by atoms with Crippen LogP contribution >= 0.6 is 0 Å². The van der Waals surface area contributed by atoms with Crippen molar-refractivity contribution in [2.45, 2.75) is 31.4 Å². The molecule has 0 saturated carbocycles. The van der Waals surface area contributed by atoms with Gasteiger partial charge in [-0.2, -0.15) is 0 Å². The van der Waals surface area contributed by atoms with E-state index in [-0.39, 0.29) is 36.1 Å². The van der Waals surface area contributed by atoms with Crippen LogP contribution in [0, 0.1) is 23.0 Å². The van der Waals surface area contributed by atoms with Gasteiger partial charge in [-0.3, -0.25) is 15.1 Å². The number of halogens is 2. The number of carbonyl (C=O) groups excluding carboxylic acids is 1. The van der Waals surface area contributed by atoms with Crippen LogP contribution in [0.1, 0.15) is 46.2 Å². The predicted molar refractivity (Wildman–Crippen MR) is 183 cm³/mol. The lowest BCUT2D eigenvalue weighted by Crippen LogP contribution is -2.41. The smallest absolute Gasteiger partial charge is 0.292 e. The van der Waals surface area contributed by atoms with E-state index < -0.39 is 12.0 Å². The molecule has 5 nitrogen and oxygen atoms in total. The van der Waals surface area contributed by atoms with E-state index in [1.165, 1.54) is 29.2 Å². The highest BCUT2D eigenvalue weighted by Crippen LogP contribution is 2.38. The lowest BCUT2D eigenvalue weighted by molar-refractivity contribution is -0.133. The Morgan fingerprint density at radius 2 is 1.44 bits per heavy atom. The fourth-order valence-corrected chi connectivity index (χ4v) is 6.08. The maximum Gasteiger partial charge on any atom is 0.292 e. The molecule has 0 radical (unpaired) electrons. The number of amides is 1. The molecule has 6 rings (SSSR count). The Kier molecular flexibility index (Phi) is 10.4. The minimum Gasteiger partial charge on any atom is -0.489 e. The molecule has 1 saturated heterocycles. The zero-order valence-electron chi connectivity index (χ0n) is 26.3. The SMILES string of the molecule is N=C1OCC(c2ccccc2)N1C(=O)C(CC=Cc1ccc(F)cc1)C(Cc1ccc(F)cc1)c1ccc(OCc2ccccc2)cc1. The zero-order valence-corrected chi connectivity index (χ0v) is 26.3. The summed E-state index contributed by atoms with van der Waals surface area (Å²) in [5, 5.41) is 8.65. The van der Waals surface area contributed by atoms with Gasteiger partial charge < -0.3 is 9.47 Å². The molecule has 0 bridgehead atoms. The molecule has 5 aromatic rings. The largest absolute Gasteiger partial charge is 0.489 e. The first-order valence-electron chi connectivity index (χ1n) is 16.0. The summed E-state index contributed by atoms with van der Waals surface area (Å²) in [5.41, 5.74) is 4.51. The highest BCUT2D eigenvalue weighted by molar-refractivity contribution is 5.96. The van der Waals surface area contributed by atoms with Crippen molar-refractivity contribution >= 4 is 18.0 Å². The van der Waals surface area contributed by atoms with Crippen LogP contribution in [0.4, 0.5) is 8.78 Å². The van der Waals surface area contributed by atoms with Crippen molar-refractivity contribution in [1.29, 1.82) is 5.41 Å². The number of rotatable bonds is 12. The van der Waals surface area contributed by atoms with Gasteiger partial charge >= 0.3 is 0 Å². The summed E-state index contributed by atoms with van der Waals surface area (Å²) in [4.78, 5) is 16.2. The first kappa shape index (κ1) is 32.4. The number of allylic oxidation sites excluding steroid dienone is 1. The molecule has 0 spiro atoms. The molecule has 1 heterocycles. The summed E-state index contributed by atoms with van der Waals surface area (Å²) in [6.45, 7) is 0.606. The summed E-state index contributed by atoms with van der Waals surface area (Å²) >= 11 is 0. The minimum atomic E-state index is -0.629. The lowest BCUT2D eigenvalue weighted by Gasteiger charge is -2.31. The Labute approximate surface area is 279 Å². The van der Waals surface area contributed by atoms with Crippen LogP contribution in [-0.2, 0) is 22.6 Å². The van der Waals surface area contributed by atoms with Crippen LogP contribution in [0.15, 0.2) is 140 Å². The van der Waals surface area contributed by atoms with Crippen LogP contribution in [0.25, 0.3) is 6.08 Å². The van der Waals surface area contributed by atoms with E-state index in [9.17, 15) is 13.6 Å². The molecule has 5 aromatic carbocycles. The second-order valence-corrected chi connectivity index (χ2v) is 11.8. The maximum absolute atomic E-state index is 14.7. The second kappa shape index (κ2) is 15.4. The summed E-state index contributed by atoms with van der Waals surface area (Å²) < 4.78 is 39.2. The van der Waals surface area contributed by atoms with Crippen LogP contribution in [-0.4, -0.2) is 23.4 Å². The predicted octanol–water partition coefficient (Wildman–Crippen LogP) is 9.12. The van der Waals surface area contributed by atoms with E-state index in [4.69, 9.17) is 14.9 Å². The van der Waals surface area contributed by atoms with Crippen LogP contribution in [0.3, 0.4) is 0 Å². The summed E-state index contributed by atoms with van der Waals surface area (Å²) in [6, 6.07) is 39.1. The number of benzene rings is 5. The van der Waals surface area contributed by atoms with Gasteiger partial charge in [0.2, 0.25) is 5.91 Å². The van der Waals surface area contributed by atoms with Gasteiger partial charge in [0.15, 0.2) is 0 Å². The van der Waals surface area contributed by atoms with Gasteiger partial charge in [-0.25, -0.2) is 8.78 Å². The van der Waals surface area contributed by atoms with Gasteiger partial charge in [0.25, 0.3) is 6.02 Å². The monoisotopic (exact) mass is 642 g/mol. The number of carbonyl (C=O) groups is 1. The van der Waals surface area contributed by atoms with E-state index in [1.807, 2.05) is 97.1 Å². The summed E-state index contributed by atoms with van der Waals surface area (Å²) in [6.07, 6.45) is 4.57. The number of hydrogen-bond donors (Lipinski definition) is 1. The molecule has 0 aromatic heterocycles. The van der Waals surface area contributed by atoms with E-state index in [2.05, 4.69) is 0 Å². The van der Waals surface area contributed by atoms with E-state index >= 15 is 0 Å². The van der Waals surface area contributed by atoms with Crippen molar-refractivity contribution in [2.75, 3.05) is 6.61 Å². The van der Waals surface area contributed by atoms with Crippen molar-refractivity contribution in [3.05, 3.63) is 179 Å². The Hall–Kier alpha value is -5.56. The molecule has 1 aliphatic rings. The molecule has 48 heavy (non-hydrogen) atoms. The van der Waals surface area contributed by atoms with Gasteiger partial charge in [0.05, 0.1) is 0 Å². The van der Waals surface area contributed by atoms with Crippen molar-refractivity contribution in [3.8, 4) is 5.75 Å². The first-order valence-corrected chi connectivity index (χ1v) is 16.0.